The van der Waals surface area contributed by atoms with Crippen LogP contribution in [-0.2, 0) is 0 Å². The zero-order valence-electron chi connectivity index (χ0n) is 15.3. The third kappa shape index (κ3) is 5.45. The molecule has 0 bridgehead atoms. The van der Waals surface area contributed by atoms with Crippen molar-refractivity contribution in [1.29, 1.82) is 0 Å². The van der Waals surface area contributed by atoms with Crippen molar-refractivity contribution >= 4 is 17.5 Å². The number of nitrogens with one attached hydrogen (secondary N) is 2. The van der Waals surface area contributed by atoms with Crippen LogP contribution in [0.3, 0.4) is 0 Å². The van der Waals surface area contributed by atoms with E-state index in [1.54, 1.807) is 24.3 Å². The van der Waals surface area contributed by atoms with E-state index in [0.29, 0.717) is 29.5 Å². The lowest BCUT2D eigenvalue weighted by Gasteiger charge is -2.10. The van der Waals surface area contributed by atoms with Crippen LogP contribution in [0.15, 0.2) is 48.5 Å². The number of anilines is 1. The number of benzene rings is 2. The number of hydrogen-bond donors (Lipinski definition) is 2. The highest BCUT2D eigenvalue weighted by molar-refractivity contribution is 6.06. The van der Waals surface area contributed by atoms with Crippen molar-refractivity contribution in [3.05, 3.63) is 65.2 Å². The predicted octanol–water partition coefficient (Wildman–Crippen LogP) is 4.45. The largest absolute Gasteiger partial charge is 0.352 e. The molecule has 0 fully saturated rings. The van der Waals surface area contributed by atoms with Gasteiger partial charge in [0.1, 0.15) is 0 Å². The smallest absolute Gasteiger partial charge is 0.255 e. The third-order valence-corrected chi connectivity index (χ3v) is 3.89. The van der Waals surface area contributed by atoms with Crippen LogP contribution in [0.4, 0.5) is 5.69 Å². The van der Waals surface area contributed by atoms with Gasteiger partial charge in [0, 0.05) is 23.4 Å². The second-order valence-corrected chi connectivity index (χ2v) is 6.92. The number of carbonyl (C=O) groups is 2. The molecular formula is C21H26N2O2. The standard InChI is InChI=1S/C21H26N2O2/c1-14(2)13-22-20(24)17-6-5-7-18(12-17)21(25)23-19-10-8-16(9-11-19)15(3)4/h5-12,14-15H,13H2,1-4H3,(H,22,24)(H,23,25). The minimum Gasteiger partial charge on any atom is -0.352 e. The van der Waals surface area contributed by atoms with Gasteiger partial charge < -0.3 is 10.6 Å². The first-order chi connectivity index (χ1) is 11.9. The van der Waals surface area contributed by atoms with Crippen LogP contribution in [0.2, 0.25) is 0 Å². The molecular weight excluding hydrogens is 312 g/mol. The monoisotopic (exact) mass is 338 g/mol. The van der Waals surface area contributed by atoms with Gasteiger partial charge in [-0.15, -0.1) is 0 Å². The molecule has 0 heterocycles. The molecule has 4 nitrogen and oxygen atoms in total. The molecule has 2 aromatic carbocycles. The first-order valence-electron chi connectivity index (χ1n) is 8.66. The van der Waals surface area contributed by atoms with Crippen molar-refractivity contribution in [2.75, 3.05) is 11.9 Å². The maximum Gasteiger partial charge on any atom is 0.255 e. The number of rotatable bonds is 6. The van der Waals surface area contributed by atoms with Crippen molar-refractivity contribution < 1.29 is 9.59 Å². The molecule has 0 radical (unpaired) electrons. The van der Waals surface area contributed by atoms with E-state index in [1.807, 2.05) is 38.1 Å². The first-order valence-corrected chi connectivity index (χ1v) is 8.66. The minimum atomic E-state index is -0.226. The third-order valence-electron chi connectivity index (χ3n) is 3.89. The Labute approximate surface area is 149 Å². The van der Waals surface area contributed by atoms with Crippen LogP contribution in [0.1, 0.15) is 59.9 Å². The molecule has 2 N–H and O–H groups in total. The molecule has 0 aliphatic carbocycles. The van der Waals surface area contributed by atoms with Crippen molar-refractivity contribution in [1.82, 2.24) is 5.32 Å². The quantitative estimate of drug-likeness (QED) is 0.817. The van der Waals surface area contributed by atoms with Gasteiger partial charge in [0.2, 0.25) is 0 Å². The lowest BCUT2D eigenvalue weighted by Crippen LogP contribution is -2.27. The summed E-state index contributed by atoms with van der Waals surface area (Å²) in [6, 6.07) is 14.6. The van der Waals surface area contributed by atoms with Gasteiger partial charge in [-0.2, -0.15) is 0 Å². The number of carbonyl (C=O) groups excluding carboxylic acids is 2. The van der Waals surface area contributed by atoms with Crippen molar-refractivity contribution in [2.24, 2.45) is 5.92 Å². The van der Waals surface area contributed by atoms with E-state index >= 15 is 0 Å². The molecule has 0 aliphatic heterocycles. The zero-order valence-corrected chi connectivity index (χ0v) is 15.3. The highest BCUT2D eigenvalue weighted by atomic mass is 16.2. The fraction of sp³-hybridized carbons (Fsp3) is 0.333. The Morgan fingerprint density at radius 2 is 1.48 bits per heavy atom. The fourth-order valence-electron chi connectivity index (χ4n) is 2.36. The van der Waals surface area contributed by atoms with E-state index in [2.05, 4.69) is 24.5 Å². The zero-order chi connectivity index (χ0) is 18.4. The average Bonchev–Trinajstić information content (AvgIpc) is 2.60. The molecule has 0 saturated heterocycles. The van der Waals surface area contributed by atoms with Gasteiger partial charge in [0.05, 0.1) is 0 Å². The molecule has 0 aliphatic rings. The maximum absolute atomic E-state index is 12.4. The highest BCUT2D eigenvalue weighted by Gasteiger charge is 2.11. The van der Waals surface area contributed by atoms with Crippen LogP contribution in [0.25, 0.3) is 0 Å². The molecule has 2 amide bonds. The number of amides is 2. The average molecular weight is 338 g/mol. The molecule has 0 saturated carbocycles. The van der Waals surface area contributed by atoms with Crippen LogP contribution in [0, 0.1) is 5.92 Å². The Bertz CT molecular complexity index is 734. The molecule has 132 valence electrons. The van der Waals surface area contributed by atoms with Crippen LogP contribution in [-0.4, -0.2) is 18.4 Å². The molecule has 4 heteroatoms. The van der Waals surface area contributed by atoms with E-state index in [9.17, 15) is 9.59 Å². The Balaban J connectivity index is 2.06. The summed E-state index contributed by atoms with van der Waals surface area (Å²) in [5.41, 5.74) is 2.92. The Kier molecular flexibility index (Phi) is 6.34. The normalized spacial score (nSPS) is 10.8. The van der Waals surface area contributed by atoms with Crippen molar-refractivity contribution in [3.63, 3.8) is 0 Å². The Morgan fingerprint density at radius 1 is 0.880 bits per heavy atom. The van der Waals surface area contributed by atoms with Crippen LogP contribution < -0.4 is 10.6 Å². The van der Waals surface area contributed by atoms with E-state index in [0.717, 1.165) is 5.69 Å². The molecule has 0 spiro atoms. The summed E-state index contributed by atoms with van der Waals surface area (Å²) in [5, 5.41) is 5.73. The summed E-state index contributed by atoms with van der Waals surface area (Å²) in [4.78, 5) is 24.6. The van der Waals surface area contributed by atoms with E-state index < -0.39 is 0 Å². The van der Waals surface area contributed by atoms with Crippen LogP contribution >= 0.6 is 0 Å². The first kappa shape index (κ1) is 18.7. The van der Waals surface area contributed by atoms with Gasteiger partial charge in [-0.25, -0.2) is 0 Å². The summed E-state index contributed by atoms with van der Waals surface area (Å²) in [6.07, 6.45) is 0. The molecule has 2 rings (SSSR count). The summed E-state index contributed by atoms with van der Waals surface area (Å²) in [5.74, 6) is 0.440. The summed E-state index contributed by atoms with van der Waals surface area (Å²) in [6.45, 7) is 8.94. The minimum absolute atomic E-state index is 0.162. The predicted molar refractivity (Wildman–Crippen MR) is 102 cm³/mol. The molecule has 25 heavy (non-hydrogen) atoms. The van der Waals surface area contributed by atoms with Gasteiger partial charge in [-0.3, -0.25) is 9.59 Å². The lowest BCUT2D eigenvalue weighted by molar-refractivity contribution is 0.0949. The van der Waals surface area contributed by atoms with Gasteiger partial charge in [0.25, 0.3) is 11.8 Å². The second-order valence-electron chi connectivity index (χ2n) is 6.92. The molecule has 0 atom stereocenters. The lowest BCUT2D eigenvalue weighted by atomic mass is 10.0. The van der Waals surface area contributed by atoms with E-state index in [-0.39, 0.29) is 11.8 Å². The van der Waals surface area contributed by atoms with Gasteiger partial charge in [-0.1, -0.05) is 45.9 Å². The maximum atomic E-state index is 12.4. The second kappa shape index (κ2) is 8.47. The van der Waals surface area contributed by atoms with Gasteiger partial charge >= 0.3 is 0 Å². The topological polar surface area (TPSA) is 58.2 Å². The van der Waals surface area contributed by atoms with Crippen LogP contribution in [0.5, 0.6) is 0 Å². The Morgan fingerprint density at radius 3 is 2.04 bits per heavy atom. The Hall–Kier alpha value is -2.62. The summed E-state index contributed by atoms with van der Waals surface area (Å²) < 4.78 is 0. The van der Waals surface area contributed by atoms with E-state index in [4.69, 9.17) is 0 Å². The molecule has 0 aromatic heterocycles. The summed E-state index contributed by atoms with van der Waals surface area (Å²) >= 11 is 0. The van der Waals surface area contributed by atoms with Gasteiger partial charge in [0.15, 0.2) is 0 Å². The van der Waals surface area contributed by atoms with Crippen molar-refractivity contribution in [2.45, 2.75) is 33.6 Å². The SMILES string of the molecule is CC(C)CNC(=O)c1cccc(C(=O)Nc2ccc(C(C)C)cc2)c1. The molecule has 0 unspecified atom stereocenters. The summed E-state index contributed by atoms with van der Waals surface area (Å²) in [7, 11) is 0. The van der Waals surface area contributed by atoms with E-state index in [1.165, 1.54) is 5.56 Å². The highest BCUT2D eigenvalue weighted by Crippen LogP contribution is 2.18. The van der Waals surface area contributed by atoms with Gasteiger partial charge in [-0.05, 0) is 47.7 Å². The molecule has 2 aromatic rings. The number of hydrogen-bond acceptors (Lipinski definition) is 2. The fourth-order valence-corrected chi connectivity index (χ4v) is 2.36. The van der Waals surface area contributed by atoms with Crippen molar-refractivity contribution in [3.8, 4) is 0 Å².